The molecule has 2 rings (SSSR count). The van der Waals surface area contributed by atoms with Crippen LogP contribution in [0.3, 0.4) is 0 Å². The predicted molar refractivity (Wildman–Crippen MR) is 75.0 cm³/mol. The Morgan fingerprint density at radius 3 is 2.53 bits per heavy atom. The van der Waals surface area contributed by atoms with Crippen molar-refractivity contribution in [1.29, 1.82) is 0 Å². The van der Waals surface area contributed by atoms with Crippen molar-refractivity contribution < 1.29 is 9.53 Å². The monoisotopic (exact) mass is 276 g/mol. The Bertz CT molecular complexity index is 584. The number of nitrogens with zero attached hydrogens (tertiary/aromatic N) is 2. The average Bonchev–Trinajstić information content (AvgIpc) is 2.46. The van der Waals surface area contributed by atoms with E-state index in [1.54, 1.807) is 50.7 Å². The van der Waals surface area contributed by atoms with Crippen molar-refractivity contribution in [2.45, 2.75) is 0 Å². The number of hydrogen-bond donors (Lipinski definition) is 0. The van der Waals surface area contributed by atoms with E-state index < -0.39 is 0 Å². The Morgan fingerprint density at radius 1 is 1.26 bits per heavy atom. The average molecular weight is 277 g/mol. The second-order valence-corrected chi connectivity index (χ2v) is 4.32. The first-order valence-electron chi connectivity index (χ1n) is 5.65. The lowest BCUT2D eigenvalue weighted by Crippen LogP contribution is -2.26. The number of pyridine rings is 1. The molecule has 1 heterocycles. The molecule has 0 radical (unpaired) electrons. The molecule has 0 saturated carbocycles. The fourth-order valence-corrected chi connectivity index (χ4v) is 1.82. The molecular formula is C14H13ClN2O2. The first kappa shape index (κ1) is 13.4. The maximum absolute atomic E-state index is 12.3. The third kappa shape index (κ3) is 2.85. The smallest absolute Gasteiger partial charge is 0.261 e. The molecule has 0 aliphatic rings. The van der Waals surface area contributed by atoms with Crippen LogP contribution in [0.15, 0.2) is 42.7 Å². The summed E-state index contributed by atoms with van der Waals surface area (Å²) < 4.78 is 5.08. The van der Waals surface area contributed by atoms with Crippen LogP contribution >= 0.6 is 11.6 Å². The Hall–Kier alpha value is -2.07. The van der Waals surface area contributed by atoms with Gasteiger partial charge in [-0.25, -0.2) is 0 Å². The first-order chi connectivity index (χ1) is 9.13. The van der Waals surface area contributed by atoms with Crippen LogP contribution in [0.1, 0.15) is 10.4 Å². The highest BCUT2D eigenvalue weighted by molar-refractivity contribution is 6.34. The number of ether oxygens (including phenoxy) is 1. The zero-order chi connectivity index (χ0) is 13.8. The van der Waals surface area contributed by atoms with Crippen molar-refractivity contribution in [2.75, 3.05) is 19.1 Å². The first-order valence-corrected chi connectivity index (χ1v) is 6.03. The van der Waals surface area contributed by atoms with Gasteiger partial charge in [-0.1, -0.05) is 11.6 Å². The van der Waals surface area contributed by atoms with Gasteiger partial charge in [0.05, 0.1) is 17.7 Å². The lowest BCUT2D eigenvalue weighted by atomic mass is 10.2. The molecule has 0 fully saturated rings. The third-order valence-electron chi connectivity index (χ3n) is 2.76. The van der Waals surface area contributed by atoms with Crippen LogP contribution < -0.4 is 9.64 Å². The van der Waals surface area contributed by atoms with Gasteiger partial charge in [0.2, 0.25) is 0 Å². The number of benzene rings is 1. The van der Waals surface area contributed by atoms with Gasteiger partial charge in [-0.3, -0.25) is 9.78 Å². The van der Waals surface area contributed by atoms with Crippen LogP contribution in [0.2, 0.25) is 5.02 Å². The number of aromatic nitrogens is 1. The maximum atomic E-state index is 12.3. The lowest BCUT2D eigenvalue weighted by molar-refractivity contribution is 0.0993. The highest BCUT2D eigenvalue weighted by Crippen LogP contribution is 2.22. The minimum absolute atomic E-state index is 0.205. The number of methoxy groups -OCH3 is 1. The largest absolute Gasteiger partial charge is 0.497 e. The van der Waals surface area contributed by atoms with E-state index in [0.717, 1.165) is 11.4 Å². The lowest BCUT2D eigenvalue weighted by Gasteiger charge is -2.18. The van der Waals surface area contributed by atoms with Gasteiger partial charge in [-0.15, -0.1) is 0 Å². The fourth-order valence-electron chi connectivity index (χ4n) is 1.64. The number of amides is 1. The van der Waals surface area contributed by atoms with E-state index in [0.29, 0.717) is 10.6 Å². The van der Waals surface area contributed by atoms with Gasteiger partial charge >= 0.3 is 0 Å². The van der Waals surface area contributed by atoms with E-state index in [9.17, 15) is 4.79 Å². The van der Waals surface area contributed by atoms with Gasteiger partial charge in [-0.05, 0) is 30.3 Å². The number of halogens is 1. The van der Waals surface area contributed by atoms with Crippen molar-refractivity contribution in [3.63, 3.8) is 0 Å². The van der Waals surface area contributed by atoms with Gasteiger partial charge < -0.3 is 9.64 Å². The zero-order valence-electron chi connectivity index (χ0n) is 10.6. The molecule has 4 nitrogen and oxygen atoms in total. The summed E-state index contributed by atoms with van der Waals surface area (Å²) >= 11 is 5.99. The molecule has 0 bridgehead atoms. The molecule has 0 atom stereocenters. The summed E-state index contributed by atoms with van der Waals surface area (Å²) in [7, 11) is 3.28. The van der Waals surface area contributed by atoms with Gasteiger partial charge in [0.25, 0.3) is 5.91 Å². The molecule has 0 aliphatic carbocycles. The number of carbonyl (C=O) groups excluding carboxylic acids is 1. The summed E-state index contributed by atoms with van der Waals surface area (Å²) in [6.45, 7) is 0. The van der Waals surface area contributed by atoms with Crippen molar-refractivity contribution >= 4 is 23.2 Å². The molecule has 0 saturated heterocycles. The molecular weight excluding hydrogens is 264 g/mol. The van der Waals surface area contributed by atoms with Gasteiger partial charge in [0.1, 0.15) is 5.75 Å². The standard InChI is InChI=1S/C14H13ClN2O2/c1-17(10-3-5-11(19-2)6-4-10)14(18)12-9-16-8-7-13(12)15/h3-9H,1-2H3. The predicted octanol–water partition coefficient (Wildman–Crippen LogP) is 3.02. The SMILES string of the molecule is COc1ccc(N(C)C(=O)c2cnccc2Cl)cc1. The normalized spacial score (nSPS) is 10.1. The summed E-state index contributed by atoms with van der Waals surface area (Å²) in [5.74, 6) is 0.535. The van der Waals surface area contributed by atoms with E-state index in [1.165, 1.54) is 11.1 Å². The highest BCUT2D eigenvalue weighted by atomic mass is 35.5. The second-order valence-electron chi connectivity index (χ2n) is 3.92. The van der Waals surface area contributed by atoms with Gasteiger partial charge in [0.15, 0.2) is 0 Å². The second kappa shape index (κ2) is 5.71. The number of anilines is 1. The Kier molecular flexibility index (Phi) is 4.02. The van der Waals surface area contributed by atoms with Crippen molar-refractivity contribution in [3.8, 4) is 5.75 Å². The quantitative estimate of drug-likeness (QED) is 0.865. The molecule has 5 heteroatoms. The molecule has 0 aliphatic heterocycles. The zero-order valence-corrected chi connectivity index (χ0v) is 11.4. The van der Waals surface area contributed by atoms with Gasteiger partial charge in [-0.2, -0.15) is 0 Å². The third-order valence-corrected chi connectivity index (χ3v) is 3.09. The Morgan fingerprint density at radius 2 is 1.95 bits per heavy atom. The van der Waals surface area contributed by atoms with Gasteiger partial charge in [0, 0.05) is 25.1 Å². The van der Waals surface area contributed by atoms with Crippen LogP contribution in [0.4, 0.5) is 5.69 Å². The summed E-state index contributed by atoms with van der Waals surface area (Å²) in [4.78, 5) is 17.7. The molecule has 2 aromatic rings. The van der Waals surface area contributed by atoms with Crippen LogP contribution in [0, 0.1) is 0 Å². The summed E-state index contributed by atoms with van der Waals surface area (Å²) in [6.07, 6.45) is 3.01. The molecule has 0 unspecified atom stereocenters. The van der Waals surface area contributed by atoms with Crippen LogP contribution in [0.5, 0.6) is 5.75 Å². The fraction of sp³-hybridized carbons (Fsp3) is 0.143. The molecule has 19 heavy (non-hydrogen) atoms. The Balaban J connectivity index is 2.26. The minimum atomic E-state index is -0.205. The number of carbonyl (C=O) groups is 1. The molecule has 98 valence electrons. The molecule has 0 N–H and O–H groups in total. The van der Waals surface area contributed by atoms with Crippen LogP contribution in [-0.4, -0.2) is 25.0 Å². The minimum Gasteiger partial charge on any atom is -0.497 e. The topological polar surface area (TPSA) is 42.4 Å². The van der Waals surface area contributed by atoms with E-state index >= 15 is 0 Å². The van der Waals surface area contributed by atoms with E-state index in [-0.39, 0.29) is 5.91 Å². The van der Waals surface area contributed by atoms with Crippen molar-refractivity contribution in [2.24, 2.45) is 0 Å². The summed E-state index contributed by atoms with van der Waals surface area (Å²) in [5, 5.41) is 0.389. The highest BCUT2D eigenvalue weighted by Gasteiger charge is 2.16. The van der Waals surface area contributed by atoms with E-state index in [1.807, 2.05) is 0 Å². The Labute approximate surface area is 116 Å². The molecule has 1 aromatic carbocycles. The number of hydrogen-bond acceptors (Lipinski definition) is 3. The molecule has 0 spiro atoms. The number of rotatable bonds is 3. The molecule has 1 aromatic heterocycles. The maximum Gasteiger partial charge on any atom is 0.261 e. The van der Waals surface area contributed by atoms with E-state index in [2.05, 4.69) is 4.98 Å². The molecule has 1 amide bonds. The van der Waals surface area contributed by atoms with Crippen molar-refractivity contribution in [3.05, 3.63) is 53.3 Å². The van der Waals surface area contributed by atoms with Crippen molar-refractivity contribution in [1.82, 2.24) is 4.98 Å². The summed E-state index contributed by atoms with van der Waals surface area (Å²) in [6, 6.07) is 8.80. The summed E-state index contributed by atoms with van der Waals surface area (Å²) in [5.41, 5.74) is 1.13. The van der Waals surface area contributed by atoms with Crippen LogP contribution in [0.25, 0.3) is 0 Å². The van der Waals surface area contributed by atoms with E-state index in [4.69, 9.17) is 16.3 Å². The van der Waals surface area contributed by atoms with Crippen LogP contribution in [-0.2, 0) is 0 Å².